The number of piperidine rings is 1. The van der Waals surface area contributed by atoms with E-state index in [0.717, 1.165) is 28.7 Å². The molecule has 4 rings (SSSR count). The average Bonchev–Trinajstić information content (AvgIpc) is 3.16. The van der Waals surface area contributed by atoms with Crippen LogP contribution in [0, 0.1) is 5.41 Å². The van der Waals surface area contributed by atoms with Gasteiger partial charge >= 0.3 is 12.1 Å². The molecule has 0 saturated carbocycles. The van der Waals surface area contributed by atoms with Crippen LogP contribution in [-0.2, 0) is 14.3 Å². The van der Waals surface area contributed by atoms with Crippen LogP contribution in [0.5, 0.6) is 0 Å². The van der Waals surface area contributed by atoms with Crippen LogP contribution in [-0.4, -0.2) is 53.2 Å². The first kappa shape index (κ1) is 24.8. The Morgan fingerprint density at radius 2 is 1.57 bits per heavy atom. The van der Waals surface area contributed by atoms with Gasteiger partial charge < -0.3 is 20.1 Å². The molecule has 0 unspecified atom stereocenters. The Kier molecular flexibility index (Phi) is 6.88. The molecule has 2 N–H and O–H groups in total. The molecule has 2 aromatic carbocycles. The normalized spacial score (nSPS) is 16.8. The lowest BCUT2D eigenvalue weighted by molar-refractivity contribution is -0.156. The van der Waals surface area contributed by atoms with Gasteiger partial charge in [0.05, 0.1) is 5.41 Å². The van der Waals surface area contributed by atoms with E-state index in [9.17, 15) is 19.5 Å². The van der Waals surface area contributed by atoms with Crippen LogP contribution in [0.25, 0.3) is 11.1 Å². The summed E-state index contributed by atoms with van der Waals surface area (Å²) in [4.78, 5) is 39.4. The number of carboxylic acids is 1. The molecule has 2 aromatic rings. The van der Waals surface area contributed by atoms with Crippen LogP contribution in [0.4, 0.5) is 4.79 Å². The molecule has 0 aromatic heterocycles. The summed E-state index contributed by atoms with van der Waals surface area (Å²) in [6.07, 6.45) is 1.58. The van der Waals surface area contributed by atoms with Gasteiger partial charge in [-0.3, -0.25) is 9.59 Å². The number of rotatable bonds is 7. The van der Waals surface area contributed by atoms with Crippen molar-refractivity contribution in [1.29, 1.82) is 0 Å². The molecule has 0 atom stereocenters. The number of nitrogens with one attached hydrogen (secondary N) is 1. The standard InChI is InChI=1S/C28H34N2O5/c1-4-13-28(25(32)33)14-16-30(17-15-28)24(31)27(2,3)29-26(34)35-18-23-21-11-7-5-9-19(21)20-10-6-8-12-22(20)23/h5-12,23H,4,13-18H2,1-3H3,(H,29,34)(H,32,33). The topological polar surface area (TPSA) is 95.9 Å². The van der Waals surface area contributed by atoms with Crippen LogP contribution in [0.2, 0.25) is 0 Å². The second-order valence-corrected chi connectivity index (χ2v) is 10.2. The van der Waals surface area contributed by atoms with E-state index in [-0.39, 0.29) is 18.4 Å². The van der Waals surface area contributed by atoms with E-state index in [1.54, 1.807) is 18.7 Å². The van der Waals surface area contributed by atoms with Crippen molar-refractivity contribution in [2.75, 3.05) is 19.7 Å². The molecule has 1 heterocycles. The van der Waals surface area contributed by atoms with Crippen molar-refractivity contribution in [1.82, 2.24) is 10.2 Å². The minimum Gasteiger partial charge on any atom is -0.481 e. The van der Waals surface area contributed by atoms with Crippen molar-refractivity contribution >= 4 is 18.0 Å². The molecule has 0 radical (unpaired) electrons. The SMILES string of the molecule is CCCC1(C(=O)O)CCN(C(=O)C(C)(C)NC(=O)OCC2c3ccccc3-c3ccccc32)CC1. The van der Waals surface area contributed by atoms with E-state index in [1.165, 1.54) is 0 Å². The quantitative estimate of drug-likeness (QED) is 0.596. The Morgan fingerprint density at radius 3 is 2.09 bits per heavy atom. The highest BCUT2D eigenvalue weighted by molar-refractivity contribution is 5.89. The van der Waals surface area contributed by atoms with Crippen molar-refractivity contribution in [3.8, 4) is 11.1 Å². The predicted molar refractivity (Wildman–Crippen MR) is 133 cm³/mol. The molecule has 7 heteroatoms. The van der Waals surface area contributed by atoms with Gasteiger partial charge in [0, 0.05) is 19.0 Å². The van der Waals surface area contributed by atoms with Gasteiger partial charge in [0.25, 0.3) is 0 Å². The van der Waals surface area contributed by atoms with E-state index in [2.05, 4.69) is 29.6 Å². The molecule has 35 heavy (non-hydrogen) atoms. The Morgan fingerprint density at radius 1 is 1.03 bits per heavy atom. The zero-order chi connectivity index (χ0) is 25.2. The third kappa shape index (κ3) is 4.77. The van der Waals surface area contributed by atoms with Crippen LogP contribution in [0.15, 0.2) is 48.5 Å². The van der Waals surface area contributed by atoms with Crippen molar-refractivity contribution < 1.29 is 24.2 Å². The molecule has 2 amide bonds. The van der Waals surface area contributed by atoms with E-state index in [1.807, 2.05) is 31.2 Å². The first-order valence-electron chi connectivity index (χ1n) is 12.3. The third-order valence-electron chi connectivity index (χ3n) is 7.48. The number of amides is 2. The Bertz CT molecular complexity index is 1070. The summed E-state index contributed by atoms with van der Waals surface area (Å²) in [6.45, 7) is 6.18. The number of fused-ring (bicyclic) bond motifs is 3. The van der Waals surface area contributed by atoms with Gasteiger partial charge in [-0.2, -0.15) is 0 Å². The van der Waals surface area contributed by atoms with Gasteiger partial charge in [-0.1, -0.05) is 61.9 Å². The van der Waals surface area contributed by atoms with E-state index in [4.69, 9.17) is 4.74 Å². The van der Waals surface area contributed by atoms with Crippen molar-refractivity contribution in [3.63, 3.8) is 0 Å². The van der Waals surface area contributed by atoms with Gasteiger partial charge in [0.15, 0.2) is 0 Å². The fourth-order valence-corrected chi connectivity index (χ4v) is 5.53. The molecule has 0 bridgehead atoms. The number of likely N-dealkylation sites (tertiary alicyclic amines) is 1. The van der Waals surface area contributed by atoms with Crippen LogP contribution in [0.1, 0.15) is 63.5 Å². The van der Waals surface area contributed by atoms with Gasteiger partial charge in [-0.05, 0) is 55.4 Å². The number of hydrogen-bond donors (Lipinski definition) is 2. The summed E-state index contributed by atoms with van der Waals surface area (Å²) in [5, 5.41) is 12.4. The smallest absolute Gasteiger partial charge is 0.408 e. The molecule has 7 nitrogen and oxygen atoms in total. The molecule has 0 spiro atoms. The molecular weight excluding hydrogens is 444 g/mol. The highest BCUT2D eigenvalue weighted by Gasteiger charge is 2.44. The number of aliphatic carboxylic acids is 1. The Balaban J connectivity index is 1.36. The van der Waals surface area contributed by atoms with Crippen LogP contribution < -0.4 is 5.32 Å². The van der Waals surface area contributed by atoms with Crippen molar-refractivity contribution in [2.24, 2.45) is 5.41 Å². The van der Waals surface area contributed by atoms with Gasteiger partial charge in [0.2, 0.25) is 5.91 Å². The van der Waals surface area contributed by atoms with E-state index >= 15 is 0 Å². The second kappa shape index (κ2) is 9.72. The summed E-state index contributed by atoms with van der Waals surface area (Å²) in [5.74, 6) is -1.08. The number of carboxylic acid groups (broad SMARTS) is 1. The summed E-state index contributed by atoms with van der Waals surface area (Å²) in [5.41, 5.74) is 2.61. The highest BCUT2D eigenvalue weighted by Crippen LogP contribution is 2.44. The summed E-state index contributed by atoms with van der Waals surface area (Å²) >= 11 is 0. The first-order chi connectivity index (χ1) is 16.7. The van der Waals surface area contributed by atoms with Gasteiger partial charge in [-0.25, -0.2) is 4.79 Å². The maximum absolute atomic E-state index is 13.2. The molecule has 186 valence electrons. The second-order valence-electron chi connectivity index (χ2n) is 10.2. The summed E-state index contributed by atoms with van der Waals surface area (Å²) < 4.78 is 5.61. The van der Waals surface area contributed by atoms with E-state index < -0.39 is 23.0 Å². The zero-order valence-corrected chi connectivity index (χ0v) is 20.7. The fraction of sp³-hybridized carbons (Fsp3) is 0.464. The molecule has 1 fully saturated rings. The molecule has 2 aliphatic rings. The lowest BCUT2D eigenvalue weighted by Gasteiger charge is -2.41. The number of benzene rings is 2. The Labute approximate surface area is 206 Å². The largest absolute Gasteiger partial charge is 0.481 e. The van der Waals surface area contributed by atoms with Gasteiger partial charge in [0.1, 0.15) is 12.1 Å². The maximum atomic E-state index is 13.2. The minimum absolute atomic E-state index is 0.0586. The fourth-order valence-electron chi connectivity index (χ4n) is 5.53. The average molecular weight is 479 g/mol. The lowest BCUT2D eigenvalue weighted by Crippen LogP contribution is -2.58. The molecule has 1 aliphatic carbocycles. The first-order valence-corrected chi connectivity index (χ1v) is 12.3. The van der Waals surface area contributed by atoms with Crippen molar-refractivity contribution in [3.05, 3.63) is 59.7 Å². The monoisotopic (exact) mass is 478 g/mol. The number of ether oxygens (including phenoxy) is 1. The summed E-state index contributed by atoms with van der Waals surface area (Å²) in [6, 6.07) is 16.2. The van der Waals surface area contributed by atoms with E-state index in [0.29, 0.717) is 32.4 Å². The van der Waals surface area contributed by atoms with Crippen LogP contribution in [0.3, 0.4) is 0 Å². The number of hydrogen-bond acceptors (Lipinski definition) is 4. The number of carbonyl (C=O) groups is 3. The number of nitrogens with zero attached hydrogens (tertiary/aromatic N) is 1. The minimum atomic E-state index is -1.17. The van der Waals surface area contributed by atoms with Crippen LogP contribution >= 0.6 is 0 Å². The number of alkyl carbamates (subject to hydrolysis) is 1. The predicted octanol–water partition coefficient (Wildman–Crippen LogP) is 4.80. The molecule has 1 saturated heterocycles. The number of carbonyl (C=O) groups excluding carboxylic acids is 2. The molecule has 1 aliphatic heterocycles. The highest BCUT2D eigenvalue weighted by atomic mass is 16.5. The Hall–Kier alpha value is -3.35. The maximum Gasteiger partial charge on any atom is 0.408 e. The lowest BCUT2D eigenvalue weighted by atomic mass is 9.75. The summed E-state index contributed by atoms with van der Waals surface area (Å²) in [7, 11) is 0. The zero-order valence-electron chi connectivity index (χ0n) is 20.7. The third-order valence-corrected chi connectivity index (χ3v) is 7.48. The molecular formula is C28H34N2O5. The van der Waals surface area contributed by atoms with Gasteiger partial charge in [-0.15, -0.1) is 0 Å². The van der Waals surface area contributed by atoms with Crippen molar-refractivity contribution in [2.45, 2.75) is 57.9 Å².